The molecule has 9 nitrogen and oxygen atoms in total. The Balaban J connectivity index is 2.06. The average Bonchev–Trinajstić information content (AvgIpc) is 2.76. The van der Waals surface area contributed by atoms with Crippen LogP contribution in [0.25, 0.3) is 0 Å². The van der Waals surface area contributed by atoms with Crippen molar-refractivity contribution in [2.45, 2.75) is 19.9 Å². The van der Waals surface area contributed by atoms with E-state index in [4.69, 9.17) is 14.2 Å². The first-order chi connectivity index (χ1) is 14.3. The number of rotatable bonds is 9. The second-order valence-corrected chi connectivity index (χ2v) is 6.48. The van der Waals surface area contributed by atoms with Gasteiger partial charge in [0.25, 0.3) is 11.6 Å². The third-order valence-electron chi connectivity index (χ3n) is 4.52. The van der Waals surface area contributed by atoms with Gasteiger partial charge in [-0.15, -0.1) is 0 Å². The van der Waals surface area contributed by atoms with Crippen molar-refractivity contribution in [3.05, 3.63) is 63.2 Å². The Morgan fingerprint density at radius 1 is 1.03 bits per heavy atom. The van der Waals surface area contributed by atoms with E-state index in [1.807, 2.05) is 24.3 Å². The maximum atomic E-state index is 12.4. The van der Waals surface area contributed by atoms with Crippen LogP contribution in [-0.2, 0) is 22.5 Å². The van der Waals surface area contributed by atoms with Crippen molar-refractivity contribution in [2.75, 3.05) is 27.9 Å². The van der Waals surface area contributed by atoms with Crippen LogP contribution in [0.1, 0.15) is 28.4 Å². The van der Waals surface area contributed by atoms with Gasteiger partial charge in [0.05, 0.1) is 25.2 Å². The van der Waals surface area contributed by atoms with Crippen LogP contribution in [0, 0.1) is 10.1 Å². The van der Waals surface area contributed by atoms with Gasteiger partial charge in [0, 0.05) is 19.7 Å². The molecular weight excluding hydrogens is 392 g/mol. The largest absolute Gasteiger partial charge is 0.493 e. The number of aryl methyl sites for hydroxylation is 1. The smallest absolute Gasteiger partial charge is 0.345 e. The fourth-order valence-electron chi connectivity index (χ4n) is 2.74. The fraction of sp³-hybridized carbons (Fsp3) is 0.333. The zero-order chi connectivity index (χ0) is 22.3. The highest BCUT2D eigenvalue weighted by atomic mass is 16.6. The van der Waals surface area contributed by atoms with Crippen molar-refractivity contribution in [1.82, 2.24) is 4.90 Å². The Morgan fingerprint density at radius 3 is 2.13 bits per heavy atom. The normalized spacial score (nSPS) is 10.3. The van der Waals surface area contributed by atoms with Crippen LogP contribution >= 0.6 is 0 Å². The Morgan fingerprint density at radius 2 is 1.60 bits per heavy atom. The summed E-state index contributed by atoms with van der Waals surface area (Å²) in [4.78, 5) is 36.7. The number of esters is 1. The molecule has 0 N–H and O–H groups in total. The lowest BCUT2D eigenvalue weighted by Crippen LogP contribution is -2.30. The maximum Gasteiger partial charge on any atom is 0.345 e. The predicted octanol–water partition coefficient (Wildman–Crippen LogP) is 2.99. The maximum absolute atomic E-state index is 12.4. The second kappa shape index (κ2) is 10.2. The molecule has 0 aliphatic heterocycles. The second-order valence-electron chi connectivity index (χ2n) is 6.48. The number of ether oxygens (including phenoxy) is 3. The third kappa shape index (κ3) is 5.47. The van der Waals surface area contributed by atoms with Crippen LogP contribution in [0.4, 0.5) is 5.69 Å². The number of amides is 1. The molecule has 0 saturated carbocycles. The van der Waals surface area contributed by atoms with E-state index in [2.05, 4.69) is 6.92 Å². The van der Waals surface area contributed by atoms with E-state index >= 15 is 0 Å². The summed E-state index contributed by atoms with van der Waals surface area (Å²) in [5.74, 6) is -1.21. The van der Waals surface area contributed by atoms with Crippen LogP contribution in [-0.4, -0.2) is 49.6 Å². The first-order valence-corrected chi connectivity index (χ1v) is 9.20. The number of likely N-dealkylation sites (N-methyl/N-ethyl adjacent to an activating group) is 1. The number of hydrogen-bond donors (Lipinski definition) is 0. The van der Waals surface area contributed by atoms with Crippen LogP contribution < -0.4 is 9.47 Å². The van der Waals surface area contributed by atoms with Gasteiger partial charge in [-0.3, -0.25) is 14.9 Å². The number of carbonyl (C=O) groups is 2. The van der Waals surface area contributed by atoms with Crippen molar-refractivity contribution in [3.8, 4) is 11.5 Å². The Kier molecular flexibility index (Phi) is 7.74. The molecule has 0 spiro atoms. The predicted molar refractivity (Wildman–Crippen MR) is 109 cm³/mol. The molecule has 0 aliphatic carbocycles. The summed E-state index contributed by atoms with van der Waals surface area (Å²) >= 11 is 0. The van der Waals surface area contributed by atoms with E-state index in [-0.39, 0.29) is 17.1 Å². The topological polar surface area (TPSA) is 108 Å². The average molecular weight is 416 g/mol. The molecule has 0 radical (unpaired) electrons. The molecule has 1 amide bonds. The van der Waals surface area contributed by atoms with E-state index in [9.17, 15) is 19.7 Å². The molecule has 0 heterocycles. The SMILES string of the molecule is CCc1ccc(CN(C)C(=O)COC(=O)c2cc(OC)c(OC)cc2[N+](=O)[O-])cc1. The van der Waals surface area contributed by atoms with Gasteiger partial charge < -0.3 is 19.1 Å². The molecular formula is C21H24N2O7. The van der Waals surface area contributed by atoms with Crippen molar-refractivity contribution < 1.29 is 28.7 Å². The summed E-state index contributed by atoms with van der Waals surface area (Å²) in [6, 6.07) is 10.1. The van der Waals surface area contributed by atoms with Gasteiger partial charge in [-0.05, 0) is 17.5 Å². The van der Waals surface area contributed by atoms with Gasteiger partial charge in [0.2, 0.25) is 0 Å². The number of benzene rings is 2. The molecule has 0 atom stereocenters. The van der Waals surface area contributed by atoms with Gasteiger partial charge in [-0.2, -0.15) is 0 Å². The number of hydrogen-bond acceptors (Lipinski definition) is 7. The molecule has 0 fully saturated rings. The van der Waals surface area contributed by atoms with E-state index in [0.29, 0.717) is 6.54 Å². The lowest BCUT2D eigenvalue weighted by molar-refractivity contribution is -0.385. The van der Waals surface area contributed by atoms with Crippen LogP contribution in [0.2, 0.25) is 0 Å². The third-order valence-corrected chi connectivity index (χ3v) is 4.52. The first kappa shape index (κ1) is 22.7. The van der Waals surface area contributed by atoms with Crippen LogP contribution in [0.15, 0.2) is 36.4 Å². The van der Waals surface area contributed by atoms with Gasteiger partial charge in [-0.25, -0.2) is 4.79 Å². The standard InChI is InChI=1S/C21H24N2O7/c1-5-14-6-8-15(9-7-14)12-22(2)20(24)13-30-21(25)16-10-18(28-3)19(29-4)11-17(16)23(26)27/h6-11H,5,12-13H2,1-4H3. The molecule has 2 aromatic rings. The van der Waals surface area contributed by atoms with Gasteiger partial charge in [0.15, 0.2) is 18.1 Å². The van der Waals surface area contributed by atoms with Crippen LogP contribution in [0.5, 0.6) is 11.5 Å². The van der Waals surface area contributed by atoms with E-state index in [1.165, 1.54) is 24.7 Å². The molecule has 0 aliphatic rings. The summed E-state index contributed by atoms with van der Waals surface area (Å²) in [5.41, 5.74) is 1.29. The molecule has 0 aromatic heterocycles. The molecule has 0 unspecified atom stereocenters. The highest BCUT2D eigenvalue weighted by Crippen LogP contribution is 2.34. The van der Waals surface area contributed by atoms with E-state index in [1.54, 1.807) is 7.05 Å². The Labute approximate surface area is 174 Å². The molecule has 30 heavy (non-hydrogen) atoms. The zero-order valence-corrected chi connectivity index (χ0v) is 17.3. The lowest BCUT2D eigenvalue weighted by atomic mass is 10.1. The molecule has 2 aromatic carbocycles. The van der Waals surface area contributed by atoms with Crippen molar-refractivity contribution in [2.24, 2.45) is 0 Å². The quantitative estimate of drug-likeness (QED) is 0.351. The highest BCUT2D eigenvalue weighted by molar-refractivity contribution is 5.96. The lowest BCUT2D eigenvalue weighted by Gasteiger charge is -2.17. The molecule has 0 saturated heterocycles. The van der Waals surface area contributed by atoms with E-state index < -0.39 is 29.1 Å². The number of nitro groups is 1. The minimum absolute atomic E-state index is 0.102. The number of nitrogens with zero attached hydrogens (tertiary/aromatic N) is 2. The summed E-state index contributed by atoms with van der Waals surface area (Å²) < 4.78 is 15.1. The van der Waals surface area contributed by atoms with E-state index in [0.717, 1.165) is 24.1 Å². The minimum atomic E-state index is -1.00. The van der Waals surface area contributed by atoms with Gasteiger partial charge in [0.1, 0.15) is 5.56 Å². The van der Waals surface area contributed by atoms with Crippen molar-refractivity contribution in [1.29, 1.82) is 0 Å². The van der Waals surface area contributed by atoms with Crippen molar-refractivity contribution >= 4 is 17.6 Å². The number of methoxy groups -OCH3 is 2. The molecule has 160 valence electrons. The van der Waals surface area contributed by atoms with Crippen LogP contribution in [0.3, 0.4) is 0 Å². The number of carbonyl (C=O) groups excluding carboxylic acids is 2. The summed E-state index contributed by atoms with van der Waals surface area (Å²) in [6.45, 7) is 1.85. The fourth-order valence-corrected chi connectivity index (χ4v) is 2.74. The monoisotopic (exact) mass is 416 g/mol. The summed E-state index contributed by atoms with van der Waals surface area (Å²) in [7, 11) is 4.25. The van der Waals surface area contributed by atoms with Gasteiger partial charge in [-0.1, -0.05) is 31.2 Å². The highest BCUT2D eigenvalue weighted by Gasteiger charge is 2.26. The molecule has 2 rings (SSSR count). The summed E-state index contributed by atoms with van der Waals surface area (Å²) in [5, 5.41) is 11.3. The summed E-state index contributed by atoms with van der Waals surface area (Å²) in [6.07, 6.45) is 0.924. The Bertz CT molecular complexity index is 926. The molecule has 9 heteroatoms. The Hall–Kier alpha value is -3.62. The minimum Gasteiger partial charge on any atom is -0.493 e. The zero-order valence-electron chi connectivity index (χ0n) is 17.3. The van der Waals surface area contributed by atoms with Crippen molar-refractivity contribution in [3.63, 3.8) is 0 Å². The van der Waals surface area contributed by atoms with Gasteiger partial charge >= 0.3 is 5.97 Å². The molecule has 0 bridgehead atoms. The first-order valence-electron chi connectivity index (χ1n) is 9.20. The number of nitro benzene ring substituents is 1.